The first-order valence-corrected chi connectivity index (χ1v) is 11.3. The molecule has 1 aliphatic heterocycles. The molecular formula is C23H20FN5O3S. The molecule has 0 bridgehead atoms. The van der Waals surface area contributed by atoms with E-state index in [9.17, 15) is 19.3 Å². The minimum absolute atomic E-state index is 0.0895. The lowest BCUT2D eigenvalue weighted by atomic mass is 10.1. The van der Waals surface area contributed by atoms with Crippen LogP contribution < -0.4 is 0 Å². The number of hydrogen-bond acceptors (Lipinski definition) is 6. The van der Waals surface area contributed by atoms with Crippen LogP contribution in [0, 0.1) is 15.9 Å². The molecule has 10 heteroatoms. The molecule has 0 N–H and O–H groups in total. The second-order valence-corrected chi connectivity index (χ2v) is 8.72. The van der Waals surface area contributed by atoms with Gasteiger partial charge in [-0.05, 0) is 30.3 Å². The number of nitrogens with zero attached hydrogens (tertiary/aromatic N) is 5. The van der Waals surface area contributed by atoms with E-state index in [0.717, 1.165) is 21.9 Å². The van der Waals surface area contributed by atoms with Crippen LogP contribution in [0.3, 0.4) is 0 Å². The molecule has 0 spiro atoms. The summed E-state index contributed by atoms with van der Waals surface area (Å²) in [5.41, 5.74) is 2.95. The molecule has 5 rings (SSSR count). The number of thiazole rings is 1. The van der Waals surface area contributed by atoms with Crippen molar-refractivity contribution in [3.05, 3.63) is 87.3 Å². The first kappa shape index (κ1) is 21.2. The molecule has 0 aliphatic carbocycles. The van der Waals surface area contributed by atoms with Gasteiger partial charge in [-0.2, -0.15) is 0 Å². The molecule has 0 saturated carbocycles. The summed E-state index contributed by atoms with van der Waals surface area (Å²) in [6.07, 6.45) is 1.98. The Bertz CT molecular complexity index is 1330. The third-order valence-corrected chi connectivity index (χ3v) is 6.57. The largest absolute Gasteiger partial charge is 0.336 e. The number of carbonyl (C=O) groups excluding carboxylic acids is 1. The average Bonchev–Trinajstić information content (AvgIpc) is 3.42. The van der Waals surface area contributed by atoms with E-state index in [-0.39, 0.29) is 17.4 Å². The van der Waals surface area contributed by atoms with Crippen LogP contribution in [-0.2, 0) is 6.54 Å². The topological polar surface area (TPSA) is 84.0 Å². The lowest BCUT2D eigenvalue weighted by molar-refractivity contribution is -0.384. The van der Waals surface area contributed by atoms with Gasteiger partial charge in [0.05, 0.1) is 16.3 Å². The third-order valence-electron chi connectivity index (χ3n) is 5.82. The Kier molecular flexibility index (Phi) is 5.61. The lowest BCUT2D eigenvalue weighted by Gasteiger charge is -2.34. The highest BCUT2D eigenvalue weighted by atomic mass is 32.1. The van der Waals surface area contributed by atoms with Crippen LogP contribution in [0.2, 0.25) is 0 Å². The molecule has 0 radical (unpaired) electrons. The van der Waals surface area contributed by atoms with Crippen molar-refractivity contribution in [3.63, 3.8) is 0 Å². The van der Waals surface area contributed by atoms with Crippen molar-refractivity contribution in [1.29, 1.82) is 0 Å². The standard InChI is InChI=1S/C23H20FN5O3S/c24-18-6-4-16(5-7-18)21-20(28-12-13-33-23(28)25-21)15-26-8-10-27(11-9-26)22(30)17-2-1-3-19(14-17)29(31)32/h1-7,12-14H,8-11,15H2. The normalized spacial score (nSPS) is 14.6. The van der Waals surface area contributed by atoms with Gasteiger partial charge in [0.15, 0.2) is 4.96 Å². The van der Waals surface area contributed by atoms with Crippen molar-refractivity contribution >= 4 is 27.9 Å². The van der Waals surface area contributed by atoms with E-state index in [1.807, 2.05) is 11.6 Å². The Labute approximate surface area is 192 Å². The maximum atomic E-state index is 13.4. The quantitative estimate of drug-likeness (QED) is 0.328. The molecule has 0 unspecified atom stereocenters. The molecule has 168 valence electrons. The zero-order valence-corrected chi connectivity index (χ0v) is 18.4. The van der Waals surface area contributed by atoms with Gasteiger partial charge in [0.25, 0.3) is 11.6 Å². The van der Waals surface area contributed by atoms with Crippen LogP contribution in [0.5, 0.6) is 0 Å². The second kappa shape index (κ2) is 8.72. The number of fused-ring (bicyclic) bond motifs is 1. The van der Waals surface area contributed by atoms with Gasteiger partial charge in [0.1, 0.15) is 5.82 Å². The number of aromatic nitrogens is 2. The molecule has 4 aromatic rings. The van der Waals surface area contributed by atoms with Crippen LogP contribution in [0.1, 0.15) is 16.1 Å². The predicted octanol–water partition coefficient (Wildman–Crippen LogP) is 4.07. The van der Waals surface area contributed by atoms with Crippen LogP contribution in [0.4, 0.5) is 10.1 Å². The highest BCUT2D eigenvalue weighted by molar-refractivity contribution is 7.15. The molecule has 2 aromatic heterocycles. The number of benzene rings is 2. The van der Waals surface area contributed by atoms with Crippen molar-refractivity contribution in [2.24, 2.45) is 0 Å². The first-order valence-electron chi connectivity index (χ1n) is 10.5. The molecule has 0 atom stereocenters. The van der Waals surface area contributed by atoms with Crippen molar-refractivity contribution in [2.75, 3.05) is 26.2 Å². The second-order valence-electron chi connectivity index (χ2n) is 7.85. The summed E-state index contributed by atoms with van der Waals surface area (Å²) in [5, 5.41) is 13.0. The maximum absolute atomic E-state index is 13.4. The number of carbonyl (C=O) groups is 1. The molecule has 1 amide bonds. The summed E-state index contributed by atoms with van der Waals surface area (Å²) in [7, 11) is 0. The molecular weight excluding hydrogens is 445 g/mol. The van der Waals surface area contributed by atoms with Gasteiger partial charge in [-0.15, -0.1) is 11.3 Å². The molecule has 33 heavy (non-hydrogen) atoms. The number of nitro benzene ring substituents is 1. The minimum atomic E-state index is -0.496. The van der Waals surface area contributed by atoms with E-state index < -0.39 is 4.92 Å². The van der Waals surface area contributed by atoms with E-state index in [4.69, 9.17) is 4.98 Å². The Hall–Kier alpha value is -3.63. The zero-order chi connectivity index (χ0) is 22.9. The van der Waals surface area contributed by atoms with Gasteiger partial charge >= 0.3 is 0 Å². The SMILES string of the molecule is O=C(c1cccc([N+](=O)[O-])c1)N1CCN(Cc2c(-c3ccc(F)cc3)nc3sccn23)CC1. The fourth-order valence-corrected chi connectivity index (χ4v) is 4.81. The summed E-state index contributed by atoms with van der Waals surface area (Å²) in [6, 6.07) is 12.2. The van der Waals surface area contributed by atoms with Crippen molar-refractivity contribution in [1.82, 2.24) is 19.2 Å². The number of hydrogen-bond donors (Lipinski definition) is 0. The average molecular weight is 466 g/mol. The number of piperazine rings is 1. The third kappa shape index (κ3) is 4.22. The number of amides is 1. The Morgan fingerprint density at radius 2 is 1.88 bits per heavy atom. The van der Waals surface area contributed by atoms with Crippen molar-refractivity contribution in [2.45, 2.75) is 6.54 Å². The van der Waals surface area contributed by atoms with Gasteiger partial charge < -0.3 is 4.90 Å². The summed E-state index contributed by atoms with van der Waals surface area (Å²) in [4.78, 5) is 33.0. The van der Waals surface area contributed by atoms with Gasteiger partial charge in [0, 0.05) is 67.6 Å². The molecule has 1 saturated heterocycles. The molecule has 1 aliphatic rings. The fraction of sp³-hybridized carbons (Fsp3) is 0.217. The number of rotatable bonds is 5. The Morgan fingerprint density at radius 3 is 2.61 bits per heavy atom. The summed E-state index contributed by atoms with van der Waals surface area (Å²) >= 11 is 1.55. The highest BCUT2D eigenvalue weighted by Crippen LogP contribution is 2.28. The van der Waals surface area contributed by atoms with Crippen molar-refractivity contribution in [3.8, 4) is 11.3 Å². The Balaban J connectivity index is 1.31. The Morgan fingerprint density at radius 1 is 1.12 bits per heavy atom. The summed E-state index contributed by atoms with van der Waals surface area (Å²) < 4.78 is 15.5. The van der Waals surface area contributed by atoms with Crippen LogP contribution >= 0.6 is 11.3 Å². The van der Waals surface area contributed by atoms with E-state index in [1.165, 1.54) is 30.3 Å². The molecule has 8 nitrogen and oxygen atoms in total. The van der Waals surface area contributed by atoms with Crippen molar-refractivity contribution < 1.29 is 14.1 Å². The van der Waals surface area contributed by atoms with Gasteiger partial charge in [-0.1, -0.05) is 6.07 Å². The highest BCUT2D eigenvalue weighted by Gasteiger charge is 2.25. The molecule has 3 heterocycles. The molecule has 1 fully saturated rings. The van der Waals surface area contributed by atoms with Crippen LogP contribution in [0.15, 0.2) is 60.1 Å². The number of non-ortho nitro benzene ring substituents is 1. The van der Waals surface area contributed by atoms with Crippen LogP contribution in [-0.4, -0.2) is 56.2 Å². The fourth-order valence-electron chi connectivity index (χ4n) is 4.08. The van der Waals surface area contributed by atoms with Gasteiger partial charge in [0.2, 0.25) is 0 Å². The lowest BCUT2D eigenvalue weighted by Crippen LogP contribution is -2.48. The zero-order valence-electron chi connectivity index (χ0n) is 17.6. The monoisotopic (exact) mass is 465 g/mol. The molecule has 2 aromatic carbocycles. The van der Waals surface area contributed by atoms with Gasteiger partial charge in [-0.25, -0.2) is 9.37 Å². The predicted molar refractivity (Wildman–Crippen MR) is 123 cm³/mol. The van der Waals surface area contributed by atoms with E-state index in [1.54, 1.807) is 34.4 Å². The first-order chi connectivity index (χ1) is 16.0. The van der Waals surface area contributed by atoms with Gasteiger partial charge in [-0.3, -0.25) is 24.2 Å². The summed E-state index contributed by atoms with van der Waals surface area (Å²) in [5.74, 6) is -0.485. The number of halogens is 1. The summed E-state index contributed by atoms with van der Waals surface area (Å²) in [6.45, 7) is 3.03. The minimum Gasteiger partial charge on any atom is -0.336 e. The van der Waals surface area contributed by atoms with Crippen LogP contribution in [0.25, 0.3) is 16.2 Å². The smallest absolute Gasteiger partial charge is 0.270 e. The number of imidazole rings is 1. The van der Waals surface area contributed by atoms with E-state index >= 15 is 0 Å². The van der Waals surface area contributed by atoms with E-state index in [2.05, 4.69) is 9.30 Å². The maximum Gasteiger partial charge on any atom is 0.270 e. The van der Waals surface area contributed by atoms with E-state index in [0.29, 0.717) is 38.3 Å². The number of nitro groups is 1.